The third kappa shape index (κ3) is 8.22. The second kappa shape index (κ2) is 13.2. The second-order valence-electron chi connectivity index (χ2n) is 9.55. The van der Waals surface area contributed by atoms with Gasteiger partial charge in [0.15, 0.2) is 6.10 Å². The van der Waals surface area contributed by atoms with Gasteiger partial charge < -0.3 is 25.0 Å². The highest BCUT2D eigenvalue weighted by Gasteiger charge is 2.38. The van der Waals surface area contributed by atoms with Gasteiger partial charge in [0.2, 0.25) is 5.91 Å². The molecule has 40 heavy (non-hydrogen) atoms. The Bertz CT molecular complexity index is 1330. The van der Waals surface area contributed by atoms with Crippen LogP contribution in [-0.4, -0.2) is 51.4 Å². The van der Waals surface area contributed by atoms with Crippen molar-refractivity contribution >= 4 is 23.4 Å². The number of hydrogen-bond donors (Lipinski definition) is 3. The molecule has 0 aliphatic rings. The normalized spacial score (nSPS) is 13.8. The number of ether oxygens (including phenoxy) is 1. The van der Waals surface area contributed by atoms with Crippen LogP contribution >= 0.6 is 11.6 Å². The Morgan fingerprint density at radius 2 is 1.80 bits per heavy atom. The fourth-order valence-electron chi connectivity index (χ4n) is 4.13. The molecule has 2 amide bonds. The Labute approximate surface area is 235 Å². The van der Waals surface area contributed by atoms with E-state index in [1.165, 1.54) is 25.1 Å². The summed E-state index contributed by atoms with van der Waals surface area (Å²) in [4.78, 5) is 28.9. The molecule has 0 saturated carbocycles. The third-order valence-corrected chi connectivity index (χ3v) is 6.52. The highest BCUT2D eigenvalue weighted by Crippen LogP contribution is 2.31. The van der Waals surface area contributed by atoms with Crippen molar-refractivity contribution in [3.63, 3.8) is 0 Å². The van der Waals surface area contributed by atoms with E-state index < -0.39 is 24.2 Å². The van der Waals surface area contributed by atoms with E-state index in [2.05, 4.69) is 15.6 Å². The van der Waals surface area contributed by atoms with Crippen LogP contribution in [0.25, 0.3) is 11.3 Å². The molecule has 3 unspecified atom stereocenters. The highest BCUT2D eigenvalue weighted by atomic mass is 35.5. The molecule has 12 heteroatoms. The fourth-order valence-corrected chi connectivity index (χ4v) is 4.36. The molecule has 2 aromatic carbocycles. The molecule has 0 spiro atoms. The smallest absolute Gasteiger partial charge is 0.425 e. The predicted octanol–water partition coefficient (Wildman–Crippen LogP) is 4.99. The van der Waals surface area contributed by atoms with Gasteiger partial charge in [-0.05, 0) is 50.5 Å². The Balaban J connectivity index is 1.67. The first-order valence-corrected chi connectivity index (χ1v) is 13.0. The second-order valence-corrected chi connectivity index (χ2v) is 9.96. The van der Waals surface area contributed by atoms with Crippen molar-refractivity contribution in [3.05, 3.63) is 70.6 Å². The summed E-state index contributed by atoms with van der Waals surface area (Å²) < 4.78 is 45.1. The SMILES string of the molecule is CC(=O)NC(C)c1nc(-c2ccc(CC(CCO)NC(=O)c3ccc(OC(C)C(F)(F)F)c(Cl)c3)cc2)cn1C. The van der Waals surface area contributed by atoms with Crippen LogP contribution in [0.4, 0.5) is 13.2 Å². The number of amides is 2. The lowest BCUT2D eigenvalue weighted by Gasteiger charge is -2.20. The van der Waals surface area contributed by atoms with Gasteiger partial charge in [-0.1, -0.05) is 35.9 Å². The van der Waals surface area contributed by atoms with Gasteiger partial charge in [0.05, 0.1) is 16.8 Å². The van der Waals surface area contributed by atoms with Crippen LogP contribution in [-0.2, 0) is 18.3 Å². The summed E-state index contributed by atoms with van der Waals surface area (Å²) in [6, 6.07) is 10.8. The van der Waals surface area contributed by atoms with Crippen molar-refractivity contribution in [2.75, 3.05) is 6.61 Å². The standard InChI is InChI=1S/C28H32ClF3N4O4/c1-16(33-18(3)38)26-35-24(15-36(26)4)20-7-5-19(6-8-20)13-22(11-12-37)34-27(39)21-9-10-25(23(29)14-21)40-17(2)28(30,31)32/h5-10,14-17,22,37H,11-13H2,1-4H3,(H,33,38)(H,34,39). The van der Waals surface area contributed by atoms with E-state index in [1.54, 1.807) is 0 Å². The number of carbonyl (C=O) groups is 2. The first kappa shape index (κ1) is 31.0. The molecule has 8 nitrogen and oxygen atoms in total. The van der Waals surface area contributed by atoms with Crippen LogP contribution in [0.15, 0.2) is 48.7 Å². The Kier molecular flexibility index (Phi) is 10.2. The molecule has 3 aromatic rings. The summed E-state index contributed by atoms with van der Waals surface area (Å²) in [6.07, 6.45) is -4.02. The van der Waals surface area contributed by atoms with E-state index in [4.69, 9.17) is 16.3 Å². The van der Waals surface area contributed by atoms with Crippen LogP contribution in [0.3, 0.4) is 0 Å². The number of imidazole rings is 1. The largest absolute Gasteiger partial charge is 0.480 e. The summed E-state index contributed by atoms with van der Waals surface area (Å²) in [5.74, 6) is -0.0912. The zero-order valence-electron chi connectivity index (χ0n) is 22.6. The number of nitrogens with one attached hydrogen (secondary N) is 2. The Morgan fingerprint density at radius 3 is 2.38 bits per heavy atom. The molecule has 1 aromatic heterocycles. The van der Waals surface area contributed by atoms with Crippen molar-refractivity contribution in [3.8, 4) is 17.0 Å². The maximum Gasteiger partial charge on any atom is 0.425 e. The van der Waals surface area contributed by atoms with Gasteiger partial charge >= 0.3 is 6.18 Å². The number of aryl methyl sites for hydroxylation is 1. The quantitative estimate of drug-likeness (QED) is 0.296. The molecule has 0 radical (unpaired) electrons. The van der Waals surface area contributed by atoms with Gasteiger partial charge in [-0.3, -0.25) is 9.59 Å². The first-order chi connectivity index (χ1) is 18.8. The van der Waals surface area contributed by atoms with Gasteiger partial charge in [0, 0.05) is 43.9 Å². The number of aliphatic hydroxyl groups is 1. The van der Waals surface area contributed by atoms with E-state index in [9.17, 15) is 27.9 Å². The molecule has 0 fully saturated rings. The fraction of sp³-hybridized carbons (Fsp3) is 0.393. The van der Waals surface area contributed by atoms with Crippen molar-refractivity contribution < 1.29 is 32.6 Å². The predicted molar refractivity (Wildman–Crippen MR) is 145 cm³/mol. The van der Waals surface area contributed by atoms with Gasteiger partial charge in [-0.25, -0.2) is 4.98 Å². The van der Waals surface area contributed by atoms with E-state index in [0.29, 0.717) is 6.42 Å². The number of aromatic nitrogens is 2. The van der Waals surface area contributed by atoms with Crippen molar-refractivity contribution in [1.82, 2.24) is 20.2 Å². The molecular formula is C28H32ClF3N4O4. The number of rotatable bonds is 11. The van der Waals surface area contributed by atoms with Gasteiger partial charge in [-0.15, -0.1) is 0 Å². The van der Waals surface area contributed by atoms with Crippen molar-refractivity contribution in [1.29, 1.82) is 0 Å². The molecule has 0 saturated heterocycles. The lowest BCUT2D eigenvalue weighted by molar-refractivity contribution is -0.189. The minimum absolute atomic E-state index is 0.123. The monoisotopic (exact) mass is 580 g/mol. The number of alkyl halides is 3. The topological polar surface area (TPSA) is 105 Å². The summed E-state index contributed by atoms with van der Waals surface area (Å²) in [5.41, 5.74) is 2.68. The lowest BCUT2D eigenvalue weighted by Crippen LogP contribution is -2.37. The number of benzene rings is 2. The summed E-state index contributed by atoms with van der Waals surface area (Å²) in [6.45, 7) is 4.02. The van der Waals surface area contributed by atoms with E-state index >= 15 is 0 Å². The van der Waals surface area contributed by atoms with Crippen LogP contribution < -0.4 is 15.4 Å². The average Bonchev–Trinajstić information content (AvgIpc) is 3.26. The van der Waals surface area contributed by atoms with Crippen LogP contribution in [0.5, 0.6) is 5.75 Å². The Morgan fingerprint density at radius 1 is 1.12 bits per heavy atom. The molecule has 1 heterocycles. The van der Waals surface area contributed by atoms with Crippen LogP contribution in [0.1, 0.15) is 55.0 Å². The number of hydrogen-bond acceptors (Lipinski definition) is 5. The summed E-state index contributed by atoms with van der Waals surface area (Å²) >= 11 is 6.07. The van der Waals surface area contributed by atoms with Crippen LogP contribution in [0.2, 0.25) is 5.02 Å². The lowest BCUT2D eigenvalue weighted by atomic mass is 10.0. The zero-order chi connectivity index (χ0) is 29.6. The Hall–Kier alpha value is -3.57. The van der Waals surface area contributed by atoms with Crippen molar-refractivity contribution in [2.24, 2.45) is 7.05 Å². The number of aliphatic hydroxyl groups excluding tert-OH is 1. The van der Waals surface area contributed by atoms with E-state index in [1.807, 2.05) is 49.0 Å². The maximum absolute atomic E-state index is 12.9. The molecule has 3 rings (SSSR count). The molecule has 216 valence electrons. The van der Waals surface area contributed by atoms with Gasteiger partial charge in [-0.2, -0.15) is 13.2 Å². The van der Waals surface area contributed by atoms with Gasteiger partial charge in [0.1, 0.15) is 11.6 Å². The summed E-state index contributed by atoms with van der Waals surface area (Å²) in [5, 5.41) is 15.1. The number of halogens is 4. The van der Waals surface area contributed by atoms with Crippen molar-refractivity contribution in [2.45, 2.75) is 58.0 Å². The minimum Gasteiger partial charge on any atom is -0.480 e. The number of nitrogens with zero attached hydrogens (tertiary/aromatic N) is 2. The van der Waals surface area contributed by atoms with E-state index in [-0.39, 0.29) is 41.3 Å². The summed E-state index contributed by atoms with van der Waals surface area (Å²) in [7, 11) is 1.86. The molecule has 3 N–H and O–H groups in total. The molecule has 0 aliphatic carbocycles. The molecule has 0 bridgehead atoms. The third-order valence-electron chi connectivity index (χ3n) is 6.22. The molecule has 3 atom stereocenters. The number of carbonyl (C=O) groups excluding carboxylic acids is 2. The zero-order valence-corrected chi connectivity index (χ0v) is 23.3. The molecule has 0 aliphatic heterocycles. The average molecular weight is 581 g/mol. The molecular weight excluding hydrogens is 549 g/mol. The maximum atomic E-state index is 12.9. The van der Waals surface area contributed by atoms with E-state index in [0.717, 1.165) is 29.6 Å². The van der Waals surface area contributed by atoms with Crippen LogP contribution in [0, 0.1) is 0 Å². The van der Waals surface area contributed by atoms with Gasteiger partial charge in [0.25, 0.3) is 5.91 Å². The first-order valence-electron chi connectivity index (χ1n) is 12.6. The highest BCUT2D eigenvalue weighted by molar-refractivity contribution is 6.32. The minimum atomic E-state index is -4.55.